The Kier molecular flexibility index (Phi) is 7.23. The van der Waals surface area contributed by atoms with E-state index < -0.39 is 19.3 Å². The van der Waals surface area contributed by atoms with Gasteiger partial charge in [-0.05, 0) is 39.2 Å². The predicted octanol–water partition coefficient (Wildman–Crippen LogP) is 4.73. The largest absolute Gasteiger partial charge is 0.461 e. The lowest BCUT2D eigenvalue weighted by atomic mass is 9.96. The summed E-state index contributed by atoms with van der Waals surface area (Å²) in [7, 11) is -3.43. The molecule has 30 heavy (non-hydrogen) atoms. The van der Waals surface area contributed by atoms with Gasteiger partial charge in [-0.2, -0.15) is 0 Å². The van der Waals surface area contributed by atoms with Gasteiger partial charge in [0.1, 0.15) is 5.56 Å². The van der Waals surface area contributed by atoms with E-state index in [1.807, 2.05) is 0 Å². The highest BCUT2D eigenvalue weighted by Gasteiger charge is 2.38. The first-order chi connectivity index (χ1) is 14.4. The standard InChI is InChI=1S/C21H26NO7P/c1-4-26-21(24)18-17(20(29-22-18)14-11-12-14)19(23)16-10-8-7-9-15(16)13-30(25,27-5-2)28-6-3/h7-10,14H,4-6,11-13H2,1-3H3. The van der Waals surface area contributed by atoms with Crippen molar-refractivity contribution in [2.24, 2.45) is 0 Å². The molecule has 162 valence electrons. The Labute approximate surface area is 175 Å². The fourth-order valence-electron chi connectivity index (χ4n) is 3.23. The molecule has 1 aromatic carbocycles. The summed E-state index contributed by atoms with van der Waals surface area (Å²) in [4.78, 5) is 25.9. The molecule has 1 aromatic heterocycles. The van der Waals surface area contributed by atoms with E-state index in [1.54, 1.807) is 45.0 Å². The van der Waals surface area contributed by atoms with Gasteiger partial charge in [0.25, 0.3) is 0 Å². The van der Waals surface area contributed by atoms with E-state index in [1.165, 1.54) is 0 Å². The molecule has 2 aromatic rings. The molecule has 0 N–H and O–H groups in total. The van der Waals surface area contributed by atoms with E-state index in [0.29, 0.717) is 16.9 Å². The van der Waals surface area contributed by atoms with Crippen molar-refractivity contribution in [3.63, 3.8) is 0 Å². The van der Waals surface area contributed by atoms with E-state index in [0.717, 1.165) is 12.8 Å². The normalized spacial score (nSPS) is 14.0. The van der Waals surface area contributed by atoms with Crippen molar-refractivity contribution in [2.75, 3.05) is 19.8 Å². The SMILES string of the molecule is CCOC(=O)c1noc(C2CC2)c1C(=O)c1ccccc1CP(=O)(OCC)OCC. The first-order valence-electron chi connectivity index (χ1n) is 10.1. The third-order valence-corrected chi connectivity index (χ3v) is 6.67. The number of esters is 1. The topological polar surface area (TPSA) is 105 Å². The van der Waals surface area contributed by atoms with Crippen molar-refractivity contribution in [3.8, 4) is 0 Å². The Hall–Kier alpha value is -2.28. The number of hydrogen-bond acceptors (Lipinski definition) is 8. The number of carbonyl (C=O) groups excluding carboxylic acids is 2. The Morgan fingerprint density at radius 2 is 1.77 bits per heavy atom. The van der Waals surface area contributed by atoms with E-state index in [9.17, 15) is 14.2 Å². The molecule has 3 rings (SSSR count). The minimum Gasteiger partial charge on any atom is -0.461 e. The Balaban J connectivity index is 2.02. The van der Waals surface area contributed by atoms with Crippen LogP contribution in [0.25, 0.3) is 0 Å². The smallest absolute Gasteiger partial charge is 0.361 e. The maximum absolute atomic E-state index is 13.5. The number of ether oxygens (including phenoxy) is 1. The third kappa shape index (κ3) is 4.89. The van der Waals surface area contributed by atoms with Crippen LogP contribution in [0.15, 0.2) is 28.8 Å². The minimum atomic E-state index is -3.43. The molecule has 0 bridgehead atoms. The summed E-state index contributed by atoms with van der Waals surface area (Å²) < 4.78 is 34.2. The molecule has 8 nitrogen and oxygen atoms in total. The second-order valence-corrected chi connectivity index (χ2v) is 8.91. The lowest BCUT2D eigenvalue weighted by Crippen LogP contribution is -2.14. The van der Waals surface area contributed by atoms with Crippen molar-refractivity contribution < 1.29 is 32.5 Å². The maximum atomic E-state index is 13.5. The third-order valence-electron chi connectivity index (χ3n) is 4.64. The van der Waals surface area contributed by atoms with Crippen molar-refractivity contribution >= 4 is 19.3 Å². The van der Waals surface area contributed by atoms with Crippen LogP contribution in [0, 0.1) is 0 Å². The molecule has 0 radical (unpaired) electrons. The number of aromatic nitrogens is 1. The summed E-state index contributed by atoms with van der Waals surface area (Å²) in [5, 5.41) is 3.83. The van der Waals surface area contributed by atoms with Crippen molar-refractivity contribution in [2.45, 2.75) is 45.7 Å². The highest BCUT2D eigenvalue weighted by molar-refractivity contribution is 7.53. The van der Waals surface area contributed by atoms with Gasteiger partial charge in [-0.15, -0.1) is 0 Å². The predicted molar refractivity (Wildman–Crippen MR) is 109 cm³/mol. The number of ketones is 1. The van der Waals surface area contributed by atoms with Crippen LogP contribution in [0.2, 0.25) is 0 Å². The molecule has 1 saturated carbocycles. The van der Waals surface area contributed by atoms with Crippen molar-refractivity contribution in [1.82, 2.24) is 5.16 Å². The van der Waals surface area contributed by atoms with E-state index in [4.69, 9.17) is 18.3 Å². The van der Waals surface area contributed by atoms with Gasteiger partial charge >= 0.3 is 13.6 Å². The van der Waals surface area contributed by atoms with E-state index >= 15 is 0 Å². The van der Waals surface area contributed by atoms with Crippen LogP contribution in [0.5, 0.6) is 0 Å². The molecule has 1 fully saturated rings. The van der Waals surface area contributed by atoms with E-state index in [-0.39, 0.29) is 43.2 Å². The number of nitrogens with zero attached hydrogens (tertiary/aromatic N) is 1. The van der Waals surface area contributed by atoms with Crippen LogP contribution in [-0.4, -0.2) is 36.7 Å². The molecule has 0 unspecified atom stereocenters. The van der Waals surface area contributed by atoms with Crippen LogP contribution in [0.4, 0.5) is 0 Å². The molecule has 0 amide bonds. The summed E-state index contributed by atoms with van der Waals surface area (Å²) in [6.07, 6.45) is 1.67. The summed E-state index contributed by atoms with van der Waals surface area (Å²) >= 11 is 0. The molecular formula is C21H26NO7P. The van der Waals surface area contributed by atoms with Gasteiger partial charge in [0.15, 0.2) is 11.5 Å². The van der Waals surface area contributed by atoms with Gasteiger partial charge in [0.05, 0.1) is 26.0 Å². The van der Waals surface area contributed by atoms with Crippen LogP contribution in [-0.2, 0) is 24.5 Å². The van der Waals surface area contributed by atoms with Crippen LogP contribution in [0.3, 0.4) is 0 Å². The molecule has 0 spiro atoms. The summed E-state index contributed by atoms with van der Waals surface area (Å²) in [6, 6.07) is 6.78. The van der Waals surface area contributed by atoms with Crippen LogP contribution in [0.1, 0.15) is 77.3 Å². The first-order valence-corrected chi connectivity index (χ1v) is 11.8. The van der Waals surface area contributed by atoms with Crippen LogP contribution >= 0.6 is 7.60 Å². The Morgan fingerprint density at radius 1 is 1.10 bits per heavy atom. The number of benzene rings is 1. The highest BCUT2D eigenvalue weighted by atomic mass is 31.2. The molecular weight excluding hydrogens is 409 g/mol. The van der Waals surface area contributed by atoms with Gasteiger partial charge in [-0.1, -0.05) is 29.4 Å². The second kappa shape index (κ2) is 9.69. The molecule has 1 aliphatic carbocycles. The Bertz CT molecular complexity index is 954. The van der Waals surface area contributed by atoms with Gasteiger partial charge < -0.3 is 18.3 Å². The van der Waals surface area contributed by atoms with Gasteiger partial charge in [-0.3, -0.25) is 9.36 Å². The van der Waals surface area contributed by atoms with Gasteiger partial charge in [-0.25, -0.2) is 4.79 Å². The van der Waals surface area contributed by atoms with Gasteiger partial charge in [0.2, 0.25) is 5.69 Å². The zero-order valence-corrected chi connectivity index (χ0v) is 18.3. The average Bonchev–Trinajstić information content (AvgIpc) is 3.46. The summed E-state index contributed by atoms with van der Waals surface area (Å²) in [5.74, 6) is -0.667. The molecule has 1 aliphatic rings. The fourth-order valence-corrected chi connectivity index (χ4v) is 4.97. The number of carbonyl (C=O) groups is 2. The number of hydrogen-bond donors (Lipinski definition) is 0. The quantitative estimate of drug-likeness (QED) is 0.283. The highest BCUT2D eigenvalue weighted by Crippen LogP contribution is 2.52. The van der Waals surface area contributed by atoms with E-state index in [2.05, 4.69) is 5.16 Å². The maximum Gasteiger partial charge on any atom is 0.361 e. The zero-order chi connectivity index (χ0) is 21.7. The van der Waals surface area contributed by atoms with Gasteiger partial charge in [0, 0.05) is 11.5 Å². The summed E-state index contributed by atoms with van der Waals surface area (Å²) in [6.45, 7) is 5.73. The average molecular weight is 435 g/mol. The zero-order valence-electron chi connectivity index (χ0n) is 17.4. The minimum absolute atomic E-state index is 0.0599. The Morgan fingerprint density at radius 3 is 2.37 bits per heavy atom. The molecule has 0 atom stereocenters. The molecule has 0 saturated heterocycles. The summed E-state index contributed by atoms with van der Waals surface area (Å²) in [5.41, 5.74) is 0.792. The molecule has 1 heterocycles. The van der Waals surface area contributed by atoms with Crippen molar-refractivity contribution in [3.05, 3.63) is 52.4 Å². The molecule has 9 heteroatoms. The fraction of sp³-hybridized carbons (Fsp3) is 0.476. The van der Waals surface area contributed by atoms with Crippen molar-refractivity contribution in [1.29, 1.82) is 0 Å². The number of rotatable bonds is 11. The lowest BCUT2D eigenvalue weighted by Gasteiger charge is -2.18. The molecule has 0 aliphatic heterocycles. The first kappa shape index (κ1) is 22.4. The second-order valence-electron chi connectivity index (χ2n) is 6.86. The lowest BCUT2D eigenvalue weighted by molar-refractivity contribution is 0.0512. The monoisotopic (exact) mass is 435 g/mol. The van der Waals surface area contributed by atoms with Crippen LogP contribution < -0.4 is 0 Å².